The molecule has 1 heterocycles. The highest BCUT2D eigenvalue weighted by Gasteiger charge is 2.18. The SMILES string of the molecule is CC[C@H](Nc1cccc(C)c1C)C(=O)Nc1nnc(C)s1. The molecule has 0 unspecified atom stereocenters. The Hall–Kier alpha value is -1.95. The normalized spacial score (nSPS) is 12.0. The van der Waals surface area contributed by atoms with Crippen molar-refractivity contribution in [3.8, 4) is 0 Å². The Balaban J connectivity index is 2.08. The van der Waals surface area contributed by atoms with Gasteiger partial charge in [-0.15, -0.1) is 10.2 Å². The molecule has 21 heavy (non-hydrogen) atoms. The summed E-state index contributed by atoms with van der Waals surface area (Å²) in [6.45, 7) is 7.95. The molecule has 0 spiro atoms. The molecular weight excluding hydrogens is 284 g/mol. The second-order valence-electron chi connectivity index (χ2n) is 4.97. The predicted molar refractivity (Wildman–Crippen MR) is 86.9 cm³/mol. The summed E-state index contributed by atoms with van der Waals surface area (Å²) in [5, 5.41) is 15.3. The van der Waals surface area contributed by atoms with Crippen molar-refractivity contribution in [1.29, 1.82) is 0 Å². The molecule has 2 aromatic rings. The third-order valence-electron chi connectivity index (χ3n) is 3.42. The molecule has 0 radical (unpaired) electrons. The van der Waals surface area contributed by atoms with Gasteiger partial charge in [0.2, 0.25) is 11.0 Å². The van der Waals surface area contributed by atoms with Crippen LogP contribution in [0.5, 0.6) is 0 Å². The van der Waals surface area contributed by atoms with E-state index in [0.717, 1.165) is 16.3 Å². The molecule has 1 aromatic heterocycles. The van der Waals surface area contributed by atoms with Crippen LogP contribution in [0.3, 0.4) is 0 Å². The van der Waals surface area contributed by atoms with Crippen molar-refractivity contribution in [3.63, 3.8) is 0 Å². The summed E-state index contributed by atoms with van der Waals surface area (Å²) < 4.78 is 0. The Bertz CT molecular complexity index is 638. The maximum atomic E-state index is 12.3. The standard InChI is InChI=1S/C15H20N4OS/c1-5-12(14(20)17-15-19-18-11(4)21-15)16-13-8-6-7-9(2)10(13)3/h6-8,12,16H,5H2,1-4H3,(H,17,19,20)/t12-/m0/s1. The number of anilines is 2. The molecule has 2 N–H and O–H groups in total. The lowest BCUT2D eigenvalue weighted by Crippen LogP contribution is -2.34. The summed E-state index contributed by atoms with van der Waals surface area (Å²) in [5.41, 5.74) is 3.36. The van der Waals surface area contributed by atoms with E-state index in [-0.39, 0.29) is 11.9 Å². The fourth-order valence-electron chi connectivity index (χ4n) is 1.99. The van der Waals surface area contributed by atoms with Crippen LogP contribution in [0.25, 0.3) is 0 Å². The first-order chi connectivity index (χ1) is 10.0. The molecule has 1 amide bonds. The molecule has 1 atom stereocenters. The van der Waals surface area contributed by atoms with E-state index >= 15 is 0 Å². The molecule has 2 rings (SSSR count). The first kappa shape index (κ1) is 15.4. The summed E-state index contributed by atoms with van der Waals surface area (Å²) in [5.74, 6) is -0.0884. The highest BCUT2D eigenvalue weighted by molar-refractivity contribution is 7.15. The lowest BCUT2D eigenvalue weighted by molar-refractivity contribution is -0.117. The van der Waals surface area contributed by atoms with Gasteiger partial charge in [-0.3, -0.25) is 10.1 Å². The minimum Gasteiger partial charge on any atom is -0.373 e. The number of aryl methyl sites for hydroxylation is 2. The van der Waals surface area contributed by atoms with Crippen LogP contribution >= 0.6 is 11.3 Å². The topological polar surface area (TPSA) is 66.9 Å². The Morgan fingerprint density at radius 1 is 1.29 bits per heavy atom. The molecule has 1 aromatic carbocycles. The summed E-state index contributed by atoms with van der Waals surface area (Å²) in [6, 6.07) is 5.75. The van der Waals surface area contributed by atoms with Crippen LogP contribution in [0.2, 0.25) is 0 Å². The Kier molecular flexibility index (Phi) is 4.90. The van der Waals surface area contributed by atoms with E-state index in [1.165, 1.54) is 16.9 Å². The lowest BCUT2D eigenvalue weighted by atomic mass is 10.1. The summed E-state index contributed by atoms with van der Waals surface area (Å²) in [7, 11) is 0. The number of benzene rings is 1. The maximum absolute atomic E-state index is 12.3. The molecule has 0 fully saturated rings. The van der Waals surface area contributed by atoms with Crippen LogP contribution in [-0.2, 0) is 4.79 Å². The van der Waals surface area contributed by atoms with Crippen molar-refractivity contribution in [2.24, 2.45) is 0 Å². The molecule has 112 valence electrons. The Labute approximate surface area is 128 Å². The summed E-state index contributed by atoms with van der Waals surface area (Å²) in [6.07, 6.45) is 0.691. The van der Waals surface area contributed by atoms with Gasteiger partial charge in [-0.2, -0.15) is 0 Å². The van der Waals surface area contributed by atoms with Crippen molar-refractivity contribution in [2.45, 2.75) is 40.2 Å². The van der Waals surface area contributed by atoms with Gasteiger partial charge in [0, 0.05) is 5.69 Å². The van der Waals surface area contributed by atoms with Crippen molar-refractivity contribution in [1.82, 2.24) is 10.2 Å². The van der Waals surface area contributed by atoms with E-state index in [9.17, 15) is 4.79 Å². The fourth-order valence-corrected chi connectivity index (χ4v) is 2.58. The van der Waals surface area contributed by atoms with Gasteiger partial charge < -0.3 is 5.32 Å². The molecule has 0 saturated carbocycles. The van der Waals surface area contributed by atoms with Gasteiger partial charge in [0.15, 0.2) is 0 Å². The summed E-state index contributed by atoms with van der Waals surface area (Å²) in [4.78, 5) is 12.3. The third kappa shape index (κ3) is 3.78. The van der Waals surface area contributed by atoms with E-state index in [4.69, 9.17) is 0 Å². The zero-order chi connectivity index (χ0) is 15.4. The van der Waals surface area contributed by atoms with Gasteiger partial charge in [0.25, 0.3) is 0 Å². The molecule has 0 aliphatic carbocycles. The molecule has 6 heteroatoms. The van der Waals surface area contributed by atoms with Crippen LogP contribution in [0.15, 0.2) is 18.2 Å². The number of hydrogen-bond acceptors (Lipinski definition) is 5. The number of nitrogens with zero attached hydrogens (tertiary/aromatic N) is 2. The lowest BCUT2D eigenvalue weighted by Gasteiger charge is -2.19. The van der Waals surface area contributed by atoms with E-state index in [0.29, 0.717) is 11.6 Å². The third-order valence-corrected chi connectivity index (χ3v) is 4.17. The molecule has 0 bridgehead atoms. The van der Waals surface area contributed by atoms with E-state index in [2.05, 4.69) is 40.7 Å². The van der Waals surface area contributed by atoms with Gasteiger partial charge >= 0.3 is 0 Å². The van der Waals surface area contributed by atoms with Crippen LogP contribution in [-0.4, -0.2) is 22.1 Å². The van der Waals surface area contributed by atoms with Crippen molar-refractivity contribution < 1.29 is 4.79 Å². The molecule has 0 aliphatic rings. The smallest absolute Gasteiger partial charge is 0.248 e. The highest BCUT2D eigenvalue weighted by Crippen LogP contribution is 2.20. The second-order valence-corrected chi connectivity index (χ2v) is 6.15. The average Bonchev–Trinajstić information content (AvgIpc) is 2.85. The van der Waals surface area contributed by atoms with Gasteiger partial charge in [0.05, 0.1) is 0 Å². The van der Waals surface area contributed by atoms with E-state index in [1.807, 2.05) is 26.0 Å². The van der Waals surface area contributed by atoms with E-state index in [1.54, 1.807) is 0 Å². The quantitative estimate of drug-likeness (QED) is 0.889. The summed E-state index contributed by atoms with van der Waals surface area (Å²) >= 11 is 1.37. The molecular formula is C15H20N4OS. The number of carbonyl (C=O) groups is 1. The largest absolute Gasteiger partial charge is 0.373 e. The van der Waals surface area contributed by atoms with Gasteiger partial charge in [-0.05, 0) is 44.4 Å². The van der Waals surface area contributed by atoms with Gasteiger partial charge in [-0.1, -0.05) is 30.4 Å². The van der Waals surface area contributed by atoms with Crippen LogP contribution < -0.4 is 10.6 Å². The monoisotopic (exact) mass is 304 g/mol. The maximum Gasteiger partial charge on any atom is 0.248 e. The fraction of sp³-hybridized carbons (Fsp3) is 0.400. The number of hydrogen-bond donors (Lipinski definition) is 2. The Morgan fingerprint density at radius 2 is 2.05 bits per heavy atom. The Morgan fingerprint density at radius 3 is 2.67 bits per heavy atom. The zero-order valence-electron chi connectivity index (χ0n) is 12.7. The number of carbonyl (C=O) groups excluding carboxylic acids is 1. The van der Waals surface area contributed by atoms with Crippen LogP contribution in [0.1, 0.15) is 29.5 Å². The van der Waals surface area contributed by atoms with Crippen LogP contribution in [0, 0.1) is 20.8 Å². The molecule has 0 saturated heterocycles. The highest BCUT2D eigenvalue weighted by atomic mass is 32.1. The van der Waals surface area contributed by atoms with Gasteiger partial charge in [0.1, 0.15) is 11.0 Å². The zero-order valence-corrected chi connectivity index (χ0v) is 13.5. The number of amides is 1. The first-order valence-electron chi connectivity index (χ1n) is 6.95. The minimum absolute atomic E-state index is 0.0884. The van der Waals surface area contributed by atoms with Crippen LogP contribution in [0.4, 0.5) is 10.8 Å². The average molecular weight is 304 g/mol. The number of rotatable bonds is 5. The van der Waals surface area contributed by atoms with Crippen molar-refractivity contribution >= 4 is 28.1 Å². The minimum atomic E-state index is -0.297. The van der Waals surface area contributed by atoms with Crippen molar-refractivity contribution in [2.75, 3.05) is 10.6 Å². The van der Waals surface area contributed by atoms with E-state index < -0.39 is 0 Å². The molecule has 0 aliphatic heterocycles. The number of aromatic nitrogens is 2. The van der Waals surface area contributed by atoms with Crippen molar-refractivity contribution in [3.05, 3.63) is 34.3 Å². The molecule has 5 nitrogen and oxygen atoms in total. The van der Waals surface area contributed by atoms with Gasteiger partial charge in [-0.25, -0.2) is 0 Å². The predicted octanol–water partition coefficient (Wildman–Crippen LogP) is 3.29. The second kappa shape index (κ2) is 6.67. The first-order valence-corrected chi connectivity index (χ1v) is 7.76. The number of nitrogens with one attached hydrogen (secondary N) is 2.